The molecule has 0 spiro atoms. The zero-order valence-corrected chi connectivity index (χ0v) is 18.1. The zero-order chi connectivity index (χ0) is 23.2. The third kappa shape index (κ3) is 5.15. The van der Waals surface area contributed by atoms with Gasteiger partial charge >= 0.3 is 5.97 Å². The first-order chi connectivity index (χ1) is 16.0. The van der Waals surface area contributed by atoms with E-state index in [2.05, 4.69) is 10.4 Å². The molecular formula is C26H23N3O4. The Hall–Kier alpha value is -4.26. The second-order valence-corrected chi connectivity index (χ2v) is 7.57. The summed E-state index contributed by atoms with van der Waals surface area (Å²) in [5, 5.41) is 9.13. The molecule has 0 saturated heterocycles. The number of nitrogens with zero attached hydrogens (tertiary/aromatic N) is 2. The highest BCUT2D eigenvalue weighted by Crippen LogP contribution is 2.26. The van der Waals surface area contributed by atoms with Crippen molar-refractivity contribution in [2.75, 3.05) is 7.11 Å². The van der Waals surface area contributed by atoms with E-state index in [0.29, 0.717) is 5.69 Å². The topological polar surface area (TPSA) is 90.3 Å². The molecule has 0 unspecified atom stereocenters. The van der Waals surface area contributed by atoms with Crippen LogP contribution in [-0.4, -0.2) is 34.8 Å². The van der Waals surface area contributed by atoms with Gasteiger partial charge in [0.1, 0.15) is 12.6 Å². The van der Waals surface area contributed by atoms with Crippen LogP contribution in [0.3, 0.4) is 0 Å². The Kier molecular flexibility index (Phi) is 6.59. The van der Waals surface area contributed by atoms with Crippen LogP contribution < -0.4 is 10.9 Å². The number of hydrogen-bond acceptors (Lipinski definition) is 5. The lowest BCUT2D eigenvalue weighted by Crippen LogP contribution is -2.45. The smallest absolute Gasteiger partial charge is 0.328 e. The summed E-state index contributed by atoms with van der Waals surface area (Å²) < 4.78 is 5.94. The molecule has 7 nitrogen and oxygen atoms in total. The monoisotopic (exact) mass is 441 g/mol. The molecular weight excluding hydrogens is 418 g/mol. The molecule has 1 atom stereocenters. The van der Waals surface area contributed by atoms with Crippen molar-refractivity contribution in [2.24, 2.45) is 0 Å². The molecule has 0 saturated carbocycles. The van der Waals surface area contributed by atoms with Crippen LogP contribution in [0.2, 0.25) is 0 Å². The van der Waals surface area contributed by atoms with Gasteiger partial charge in [0.2, 0.25) is 5.91 Å². The van der Waals surface area contributed by atoms with Gasteiger partial charge in [0, 0.05) is 18.1 Å². The average Bonchev–Trinajstić information content (AvgIpc) is 2.85. The van der Waals surface area contributed by atoms with Gasteiger partial charge in [-0.15, -0.1) is 0 Å². The van der Waals surface area contributed by atoms with Gasteiger partial charge in [0.15, 0.2) is 0 Å². The lowest BCUT2D eigenvalue weighted by molar-refractivity contribution is -0.145. The highest BCUT2D eigenvalue weighted by atomic mass is 16.5. The Bertz CT molecular complexity index is 1340. The fraction of sp³-hybridized carbons (Fsp3) is 0.154. The van der Waals surface area contributed by atoms with E-state index in [1.807, 2.05) is 72.8 Å². The fourth-order valence-corrected chi connectivity index (χ4v) is 3.72. The van der Waals surface area contributed by atoms with Crippen molar-refractivity contribution in [3.05, 3.63) is 101 Å². The van der Waals surface area contributed by atoms with E-state index in [9.17, 15) is 14.4 Å². The molecule has 0 aliphatic carbocycles. The van der Waals surface area contributed by atoms with E-state index in [1.165, 1.54) is 13.2 Å². The number of carbonyl (C=O) groups is 2. The molecule has 0 aliphatic heterocycles. The Morgan fingerprint density at radius 2 is 1.67 bits per heavy atom. The molecule has 166 valence electrons. The molecule has 1 N–H and O–H groups in total. The molecule has 0 fully saturated rings. The number of benzene rings is 3. The first kappa shape index (κ1) is 22.0. The van der Waals surface area contributed by atoms with Crippen LogP contribution in [0.4, 0.5) is 0 Å². The van der Waals surface area contributed by atoms with Gasteiger partial charge in [-0.2, -0.15) is 5.10 Å². The number of ether oxygens (including phenoxy) is 1. The van der Waals surface area contributed by atoms with Crippen molar-refractivity contribution in [2.45, 2.75) is 19.0 Å². The van der Waals surface area contributed by atoms with Crippen molar-refractivity contribution >= 4 is 22.6 Å². The van der Waals surface area contributed by atoms with E-state index in [4.69, 9.17) is 4.74 Å². The van der Waals surface area contributed by atoms with Crippen LogP contribution in [0.15, 0.2) is 89.7 Å². The van der Waals surface area contributed by atoms with E-state index in [-0.39, 0.29) is 13.0 Å². The van der Waals surface area contributed by atoms with Gasteiger partial charge in [-0.3, -0.25) is 9.59 Å². The second-order valence-electron chi connectivity index (χ2n) is 7.57. The van der Waals surface area contributed by atoms with Crippen LogP contribution >= 0.6 is 0 Å². The molecule has 7 heteroatoms. The van der Waals surface area contributed by atoms with Crippen molar-refractivity contribution in [3.63, 3.8) is 0 Å². The largest absolute Gasteiger partial charge is 0.467 e. The van der Waals surface area contributed by atoms with Gasteiger partial charge in [-0.1, -0.05) is 72.8 Å². The Balaban J connectivity index is 1.56. The maximum Gasteiger partial charge on any atom is 0.328 e. The molecule has 4 aromatic rings. The van der Waals surface area contributed by atoms with Gasteiger partial charge < -0.3 is 10.1 Å². The van der Waals surface area contributed by atoms with Crippen LogP contribution in [0.5, 0.6) is 0 Å². The fourth-order valence-electron chi connectivity index (χ4n) is 3.72. The maximum absolute atomic E-state index is 12.7. The number of carbonyl (C=O) groups excluding carboxylic acids is 2. The SMILES string of the molecule is COC(=O)[C@H](Cc1ccccc1)NC(=O)Cn1nc(-c2cccc3ccccc23)ccc1=O. The summed E-state index contributed by atoms with van der Waals surface area (Å²) in [6.45, 7) is -0.320. The number of hydrogen-bond donors (Lipinski definition) is 1. The number of nitrogens with one attached hydrogen (secondary N) is 1. The number of esters is 1. The summed E-state index contributed by atoms with van der Waals surface area (Å²) in [6.07, 6.45) is 0.275. The zero-order valence-electron chi connectivity index (χ0n) is 18.1. The molecule has 4 rings (SSSR count). The minimum Gasteiger partial charge on any atom is -0.467 e. The lowest BCUT2D eigenvalue weighted by Gasteiger charge is -2.17. The molecule has 3 aromatic carbocycles. The highest BCUT2D eigenvalue weighted by molar-refractivity contribution is 5.95. The molecule has 33 heavy (non-hydrogen) atoms. The van der Waals surface area contributed by atoms with Gasteiger partial charge in [0.05, 0.1) is 12.8 Å². The molecule has 1 heterocycles. The minimum atomic E-state index is -0.873. The Labute approximate surface area is 190 Å². The summed E-state index contributed by atoms with van der Waals surface area (Å²) in [5.74, 6) is -1.07. The summed E-state index contributed by atoms with van der Waals surface area (Å²) in [5.41, 5.74) is 1.90. The third-order valence-electron chi connectivity index (χ3n) is 5.33. The standard InChI is InChI=1S/C26H23N3O4/c1-33-26(32)23(16-18-8-3-2-4-9-18)27-24(30)17-29-25(31)15-14-22(28-29)21-13-7-11-19-10-5-6-12-20(19)21/h2-15,23H,16-17H2,1H3,(H,27,30)/t23-/m0/s1. The molecule has 1 aromatic heterocycles. The Morgan fingerprint density at radius 1 is 0.939 bits per heavy atom. The normalized spacial score (nSPS) is 11.7. The number of rotatable bonds is 7. The lowest BCUT2D eigenvalue weighted by atomic mass is 10.0. The average molecular weight is 441 g/mol. The van der Waals surface area contributed by atoms with E-state index < -0.39 is 23.5 Å². The Morgan fingerprint density at radius 3 is 2.45 bits per heavy atom. The minimum absolute atomic E-state index is 0.275. The predicted molar refractivity (Wildman–Crippen MR) is 126 cm³/mol. The summed E-state index contributed by atoms with van der Waals surface area (Å²) >= 11 is 0. The van der Waals surface area contributed by atoms with Crippen LogP contribution in [0.25, 0.3) is 22.0 Å². The summed E-state index contributed by atoms with van der Waals surface area (Å²) in [7, 11) is 1.27. The van der Waals surface area contributed by atoms with Crippen molar-refractivity contribution in [3.8, 4) is 11.3 Å². The van der Waals surface area contributed by atoms with E-state index in [0.717, 1.165) is 26.6 Å². The number of aromatic nitrogens is 2. The number of fused-ring (bicyclic) bond motifs is 1. The molecule has 0 radical (unpaired) electrons. The van der Waals surface area contributed by atoms with Crippen LogP contribution in [0.1, 0.15) is 5.56 Å². The van der Waals surface area contributed by atoms with E-state index >= 15 is 0 Å². The quantitative estimate of drug-likeness (QED) is 0.446. The first-order valence-corrected chi connectivity index (χ1v) is 10.5. The summed E-state index contributed by atoms with van der Waals surface area (Å²) in [4.78, 5) is 37.3. The second kappa shape index (κ2) is 9.91. The number of amides is 1. The van der Waals surface area contributed by atoms with Gasteiger partial charge in [0.25, 0.3) is 5.56 Å². The summed E-state index contributed by atoms with van der Waals surface area (Å²) in [6, 6.07) is 25.2. The van der Waals surface area contributed by atoms with Crippen molar-refractivity contribution in [1.29, 1.82) is 0 Å². The number of methoxy groups -OCH3 is 1. The predicted octanol–water partition coefficient (Wildman–Crippen LogP) is 2.96. The van der Waals surface area contributed by atoms with Crippen LogP contribution in [0, 0.1) is 0 Å². The van der Waals surface area contributed by atoms with E-state index in [1.54, 1.807) is 6.07 Å². The first-order valence-electron chi connectivity index (χ1n) is 10.5. The maximum atomic E-state index is 12.7. The third-order valence-corrected chi connectivity index (χ3v) is 5.33. The van der Waals surface area contributed by atoms with Crippen molar-refractivity contribution in [1.82, 2.24) is 15.1 Å². The van der Waals surface area contributed by atoms with Crippen LogP contribution in [-0.2, 0) is 27.3 Å². The van der Waals surface area contributed by atoms with Crippen molar-refractivity contribution < 1.29 is 14.3 Å². The molecule has 0 aliphatic rings. The molecule has 1 amide bonds. The van der Waals surface area contributed by atoms with Gasteiger partial charge in [-0.25, -0.2) is 9.48 Å². The molecule has 0 bridgehead atoms. The highest BCUT2D eigenvalue weighted by Gasteiger charge is 2.22. The van der Waals surface area contributed by atoms with Gasteiger partial charge in [-0.05, 0) is 22.4 Å².